The molecule has 192 valence electrons. The second-order valence-electron chi connectivity index (χ2n) is 8.97. The highest BCUT2D eigenvalue weighted by atomic mass is 19.1. The minimum atomic E-state index is -0.405. The summed E-state index contributed by atoms with van der Waals surface area (Å²) in [5.41, 5.74) is 17.0. The van der Waals surface area contributed by atoms with Crippen LogP contribution in [-0.2, 0) is 13.1 Å². The molecule has 0 fully saturated rings. The molecule has 7 nitrogen and oxygen atoms in total. The lowest BCUT2D eigenvalue weighted by Crippen LogP contribution is -2.17. The molecule has 1 amide bonds. The van der Waals surface area contributed by atoms with Crippen LogP contribution in [0.5, 0.6) is 0 Å². The quantitative estimate of drug-likeness (QED) is 0.290. The largest absolute Gasteiger partial charge is 0.399 e. The van der Waals surface area contributed by atoms with Gasteiger partial charge in [-0.2, -0.15) is 0 Å². The van der Waals surface area contributed by atoms with Crippen molar-refractivity contribution < 1.29 is 13.6 Å². The number of aryl methyl sites for hydroxylation is 1. The average Bonchev–Trinajstić information content (AvgIpc) is 3.44. The van der Waals surface area contributed by atoms with Gasteiger partial charge in [0.25, 0.3) is 5.91 Å². The van der Waals surface area contributed by atoms with Gasteiger partial charge in [-0.15, -0.1) is 0 Å². The number of hydrogen-bond donors (Lipinski definition) is 4. The molecule has 6 N–H and O–H groups in total. The number of benzene rings is 3. The molecule has 9 heteroatoms. The van der Waals surface area contributed by atoms with Crippen LogP contribution in [0.3, 0.4) is 0 Å². The van der Waals surface area contributed by atoms with E-state index in [2.05, 4.69) is 27.1 Å². The van der Waals surface area contributed by atoms with Crippen molar-refractivity contribution in [1.82, 2.24) is 20.2 Å². The third-order valence-corrected chi connectivity index (χ3v) is 6.33. The SMILES string of the molecule is CCN(C)Cc1[nH]c(-c2ccc(-c3ccc(N)cc3F)c3c2C(=O)NC3)nc1C.Nc1ccc(F)cc1. The summed E-state index contributed by atoms with van der Waals surface area (Å²) in [5.74, 6) is -0.175. The number of halogens is 2. The number of anilines is 2. The molecule has 1 aromatic heterocycles. The number of nitrogens with two attached hydrogens (primary N) is 2. The summed E-state index contributed by atoms with van der Waals surface area (Å²) in [6.45, 7) is 6.08. The van der Waals surface area contributed by atoms with E-state index < -0.39 is 5.82 Å². The maximum absolute atomic E-state index is 14.5. The van der Waals surface area contributed by atoms with Gasteiger partial charge in [-0.1, -0.05) is 13.0 Å². The Balaban J connectivity index is 0.000000342. The van der Waals surface area contributed by atoms with Crippen molar-refractivity contribution in [2.45, 2.75) is 26.9 Å². The van der Waals surface area contributed by atoms with Gasteiger partial charge in [0, 0.05) is 35.6 Å². The summed E-state index contributed by atoms with van der Waals surface area (Å²) >= 11 is 0. The molecule has 0 saturated carbocycles. The molecule has 4 aromatic rings. The number of hydrogen-bond acceptors (Lipinski definition) is 5. The van der Waals surface area contributed by atoms with Crippen LogP contribution in [0.15, 0.2) is 54.6 Å². The summed E-state index contributed by atoms with van der Waals surface area (Å²) < 4.78 is 26.6. The zero-order chi connectivity index (χ0) is 26.7. The van der Waals surface area contributed by atoms with Crippen molar-refractivity contribution in [3.05, 3.63) is 88.7 Å². The number of amides is 1. The Kier molecular flexibility index (Phi) is 7.54. The van der Waals surface area contributed by atoms with Crippen molar-refractivity contribution in [3.8, 4) is 22.5 Å². The van der Waals surface area contributed by atoms with Crippen LogP contribution in [0.2, 0.25) is 0 Å². The molecule has 2 heterocycles. The van der Waals surface area contributed by atoms with Gasteiger partial charge < -0.3 is 26.7 Å². The number of carbonyl (C=O) groups excluding carboxylic acids is 1. The van der Waals surface area contributed by atoms with Gasteiger partial charge in [-0.25, -0.2) is 13.8 Å². The van der Waals surface area contributed by atoms with Gasteiger partial charge in [-0.3, -0.25) is 4.79 Å². The normalized spacial score (nSPS) is 12.2. The number of carbonyl (C=O) groups is 1. The Bertz CT molecular complexity index is 1410. The summed E-state index contributed by atoms with van der Waals surface area (Å²) in [7, 11) is 2.04. The molecular weight excluding hydrogens is 474 g/mol. The van der Waals surface area contributed by atoms with Crippen molar-refractivity contribution in [2.75, 3.05) is 25.1 Å². The van der Waals surface area contributed by atoms with Crippen molar-refractivity contribution in [2.24, 2.45) is 0 Å². The molecule has 0 spiro atoms. The first-order chi connectivity index (χ1) is 17.7. The zero-order valence-electron chi connectivity index (χ0n) is 21.0. The number of imidazole rings is 1. The summed E-state index contributed by atoms with van der Waals surface area (Å²) in [4.78, 5) is 22.8. The third-order valence-electron chi connectivity index (χ3n) is 6.33. The van der Waals surface area contributed by atoms with E-state index in [1.165, 1.54) is 30.3 Å². The number of nitrogens with one attached hydrogen (secondary N) is 2. The standard InChI is InChI=1S/C22H24FN5O.C6H6FN/c1-4-28(3)11-19-12(2)26-21(27-19)16-8-7-14(17-10-25-22(29)20(16)17)15-6-5-13(24)9-18(15)23;7-5-1-3-6(8)4-2-5/h5-9H,4,10-11,24H2,1-3H3,(H,25,29)(H,26,27);1-4H,8H2. The molecule has 0 unspecified atom stereocenters. The van der Waals surface area contributed by atoms with Crippen LogP contribution in [0, 0.1) is 18.6 Å². The highest BCUT2D eigenvalue weighted by Crippen LogP contribution is 2.37. The molecular formula is C28H30F2N6O. The first kappa shape index (κ1) is 25.8. The van der Waals surface area contributed by atoms with Crippen LogP contribution >= 0.6 is 0 Å². The number of aromatic amines is 1. The van der Waals surface area contributed by atoms with E-state index in [1.54, 1.807) is 12.1 Å². The van der Waals surface area contributed by atoms with Crippen LogP contribution in [-0.4, -0.2) is 34.4 Å². The lowest BCUT2D eigenvalue weighted by atomic mass is 9.92. The Morgan fingerprint density at radius 2 is 1.62 bits per heavy atom. The molecule has 1 aliphatic heterocycles. The van der Waals surface area contributed by atoms with Gasteiger partial charge in [0.2, 0.25) is 0 Å². The number of rotatable bonds is 5. The monoisotopic (exact) mass is 504 g/mol. The van der Waals surface area contributed by atoms with Gasteiger partial charge in [0.1, 0.15) is 17.5 Å². The second-order valence-corrected chi connectivity index (χ2v) is 8.97. The van der Waals surface area contributed by atoms with Crippen molar-refractivity contribution in [1.29, 1.82) is 0 Å². The molecule has 0 aliphatic carbocycles. The molecule has 0 radical (unpaired) electrons. The highest BCUT2D eigenvalue weighted by Gasteiger charge is 2.28. The van der Waals surface area contributed by atoms with Crippen LogP contribution in [0.25, 0.3) is 22.5 Å². The molecule has 1 aliphatic rings. The molecule has 37 heavy (non-hydrogen) atoms. The van der Waals surface area contributed by atoms with Crippen LogP contribution in [0.4, 0.5) is 20.2 Å². The predicted octanol–water partition coefficient (Wildman–Crippen LogP) is 4.88. The van der Waals surface area contributed by atoms with E-state index in [1.807, 2.05) is 26.1 Å². The molecule has 5 rings (SSSR count). The Morgan fingerprint density at radius 3 is 2.27 bits per heavy atom. The molecule has 3 aromatic carbocycles. The predicted molar refractivity (Wildman–Crippen MR) is 143 cm³/mol. The fraction of sp³-hybridized carbons (Fsp3) is 0.214. The first-order valence-corrected chi connectivity index (χ1v) is 11.9. The number of H-pyrrole nitrogens is 1. The Hall–Kier alpha value is -4.24. The van der Waals surface area contributed by atoms with E-state index in [-0.39, 0.29) is 11.7 Å². The first-order valence-electron chi connectivity index (χ1n) is 11.9. The lowest BCUT2D eigenvalue weighted by Gasteiger charge is -2.13. The maximum atomic E-state index is 14.5. The zero-order valence-corrected chi connectivity index (χ0v) is 21.0. The summed E-state index contributed by atoms with van der Waals surface area (Å²) in [6.07, 6.45) is 0. The van der Waals surface area contributed by atoms with Crippen molar-refractivity contribution >= 4 is 17.3 Å². The molecule has 0 bridgehead atoms. The van der Waals surface area contributed by atoms with E-state index in [4.69, 9.17) is 11.5 Å². The molecule has 0 saturated heterocycles. The Morgan fingerprint density at radius 1 is 0.973 bits per heavy atom. The van der Waals surface area contributed by atoms with E-state index in [9.17, 15) is 13.6 Å². The fourth-order valence-corrected chi connectivity index (χ4v) is 4.17. The number of nitrogens with zero attached hydrogens (tertiary/aromatic N) is 2. The third kappa shape index (κ3) is 5.62. The fourth-order valence-electron chi connectivity index (χ4n) is 4.17. The Labute approximate surface area is 214 Å². The van der Waals surface area contributed by atoms with Crippen molar-refractivity contribution in [3.63, 3.8) is 0 Å². The smallest absolute Gasteiger partial charge is 0.252 e. The lowest BCUT2D eigenvalue weighted by molar-refractivity contribution is 0.0966. The topological polar surface area (TPSA) is 113 Å². The second kappa shape index (κ2) is 10.8. The number of aromatic nitrogens is 2. The van der Waals surface area contributed by atoms with E-state index >= 15 is 0 Å². The highest BCUT2D eigenvalue weighted by molar-refractivity contribution is 6.06. The van der Waals surface area contributed by atoms with Gasteiger partial charge in [-0.05, 0) is 80.2 Å². The summed E-state index contributed by atoms with van der Waals surface area (Å²) in [6, 6.07) is 14.0. The van der Waals surface area contributed by atoms with Gasteiger partial charge >= 0.3 is 0 Å². The van der Waals surface area contributed by atoms with Crippen LogP contribution < -0.4 is 16.8 Å². The van der Waals surface area contributed by atoms with Crippen LogP contribution in [0.1, 0.15) is 34.2 Å². The van der Waals surface area contributed by atoms with E-state index in [0.717, 1.165) is 35.6 Å². The number of fused-ring (bicyclic) bond motifs is 1. The minimum absolute atomic E-state index is 0.172. The molecule has 0 atom stereocenters. The average molecular weight is 505 g/mol. The summed E-state index contributed by atoms with van der Waals surface area (Å²) in [5, 5.41) is 2.86. The van der Waals surface area contributed by atoms with Gasteiger partial charge in [0.15, 0.2) is 0 Å². The maximum Gasteiger partial charge on any atom is 0.252 e. The van der Waals surface area contributed by atoms with Gasteiger partial charge in [0.05, 0.1) is 17.0 Å². The van der Waals surface area contributed by atoms with E-state index in [0.29, 0.717) is 40.4 Å². The number of nitrogen functional groups attached to an aromatic ring is 2. The minimum Gasteiger partial charge on any atom is -0.399 e.